The number of hydrogen-bond donors (Lipinski definition) is 2. The Kier molecular flexibility index (Phi) is 8.18. The van der Waals surface area contributed by atoms with Crippen LogP contribution in [-0.4, -0.2) is 59.5 Å². The van der Waals surface area contributed by atoms with Gasteiger partial charge in [0.2, 0.25) is 17.7 Å². The monoisotopic (exact) mass is 584 g/mol. The Hall–Kier alpha value is -4.40. The second-order valence-electron chi connectivity index (χ2n) is 12.5. The van der Waals surface area contributed by atoms with Gasteiger partial charge >= 0.3 is 6.09 Å². The standard InChI is InChI=1S/C34H40N4O5/c1-20(25-16-10-12-22-11-7-8-15-26(22)25)35-31(40)28-19-24-14-9-13-23-17-18-27(32(41)38(28)29(23)24)36-30(39)21(2)37(6)33(42)43-34(3,4)5/h7-16,20-21,27-28H,17-19H2,1-6H3,(H,35,40)(H,36,39)/t20-,21+,27+,28+/m1/s1. The minimum absolute atomic E-state index is 0.249. The molecule has 0 saturated heterocycles. The zero-order valence-electron chi connectivity index (χ0n) is 25.6. The third-order valence-corrected chi connectivity index (χ3v) is 8.32. The largest absolute Gasteiger partial charge is 0.444 e. The van der Waals surface area contributed by atoms with E-state index in [1.54, 1.807) is 32.6 Å². The number of amides is 4. The van der Waals surface area contributed by atoms with Crippen LogP contribution in [0.15, 0.2) is 60.7 Å². The van der Waals surface area contributed by atoms with Crippen LogP contribution in [0.5, 0.6) is 0 Å². The van der Waals surface area contributed by atoms with Gasteiger partial charge in [-0.05, 0) is 74.9 Å². The molecule has 0 radical (unpaired) electrons. The normalized spacial score (nSPS) is 19.2. The average Bonchev–Trinajstić information content (AvgIpc) is 3.31. The SMILES string of the molecule is C[C@@H](NC(=O)[C@@H]1Cc2cccc3c2N1C(=O)[C@@H](NC(=O)[C@H](C)N(C)C(=O)OC(C)(C)C)CC3)c1cccc2ccccc12. The molecule has 2 heterocycles. The highest BCUT2D eigenvalue weighted by atomic mass is 16.6. The van der Waals surface area contributed by atoms with Crippen LogP contribution in [0, 0.1) is 0 Å². The Labute approximate surface area is 252 Å². The summed E-state index contributed by atoms with van der Waals surface area (Å²) >= 11 is 0. The molecule has 2 N–H and O–H groups in total. The first kappa shape index (κ1) is 30.1. The number of nitrogens with one attached hydrogen (secondary N) is 2. The fraction of sp³-hybridized carbons (Fsp3) is 0.412. The van der Waals surface area contributed by atoms with E-state index in [-0.39, 0.29) is 17.9 Å². The third kappa shape index (κ3) is 6.07. The molecule has 9 heteroatoms. The molecule has 0 saturated carbocycles. The van der Waals surface area contributed by atoms with Gasteiger partial charge < -0.3 is 15.4 Å². The zero-order chi connectivity index (χ0) is 31.1. The van der Waals surface area contributed by atoms with Crippen molar-refractivity contribution >= 4 is 40.3 Å². The molecule has 0 aliphatic carbocycles. The number of likely N-dealkylation sites (N-methyl/N-ethyl adjacent to an activating group) is 1. The Morgan fingerprint density at radius 3 is 2.40 bits per heavy atom. The number of nitrogens with zero attached hydrogens (tertiary/aromatic N) is 2. The summed E-state index contributed by atoms with van der Waals surface area (Å²) in [6, 6.07) is 17.2. The lowest BCUT2D eigenvalue weighted by Crippen LogP contribution is -2.57. The van der Waals surface area contributed by atoms with Crippen molar-refractivity contribution < 1.29 is 23.9 Å². The molecule has 9 nitrogen and oxygen atoms in total. The van der Waals surface area contributed by atoms with Crippen molar-refractivity contribution in [3.05, 3.63) is 77.4 Å². The quantitative estimate of drug-likeness (QED) is 0.438. The van der Waals surface area contributed by atoms with Crippen LogP contribution in [-0.2, 0) is 32.0 Å². The fourth-order valence-electron chi connectivity index (χ4n) is 5.95. The van der Waals surface area contributed by atoms with Gasteiger partial charge in [-0.15, -0.1) is 0 Å². The maximum atomic E-state index is 14.1. The van der Waals surface area contributed by atoms with Crippen LogP contribution < -0.4 is 15.5 Å². The molecule has 0 unspecified atom stereocenters. The van der Waals surface area contributed by atoms with Crippen LogP contribution in [0.25, 0.3) is 10.8 Å². The highest BCUT2D eigenvalue weighted by Gasteiger charge is 2.44. The number of benzene rings is 3. The summed E-state index contributed by atoms with van der Waals surface area (Å²) in [6.45, 7) is 8.80. The molecule has 3 aromatic rings. The van der Waals surface area contributed by atoms with Crippen LogP contribution >= 0.6 is 0 Å². The number of aryl methyl sites for hydroxylation is 1. The number of fused-ring (bicyclic) bond motifs is 1. The van der Waals surface area contributed by atoms with Gasteiger partial charge in [0.1, 0.15) is 23.7 Å². The minimum Gasteiger partial charge on any atom is -0.444 e. The highest BCUT2D eigenvalue weighted by molar-refractivity contribution is 6.08. The second kappa shape index (κ2) is 11.7. The van der Waals surface area contributed by atoms with E-state index in [0.717, 1.165) is 33.2 Å². The van der Waals surface area contributed by atoms with Crippen LogP contribution in [0.3, 0.4) is 0 Å². The molecule has 0 aromatic heterocycles. The summed E-state index contributed by atoms with van der Waals surface area (Å²) in [5, 5.41) is 8.17. The van der Waals surface area contributed by atoms with E-state index in [1.165, 1.54) is 11.9 Å². The number of anilines is 1. The van der Waals surface area contributed by atoms with Gasteiger partial charge in [-0.3, -0.25) is 24.2 Å². The molecule has 0 fully saturated rings. The predicted octanol–water partition coefficient (Wildman–Crippen LogP) is 4.66. The molecule has 4 amide bonds. The first-order chi connectivity index (χ1) is 20.4. The third-order valence-electron chi connectivity index (χ3n) is 8.32. The van der Waals surface area contributed by atoms with Gasteiger partial charge in [-0.1, -0.05) is 60.7 Å². The number of carbonyl (C=O) groups is 4. The Balaban J connectivity index is 1.35. The Morgan fingerprint density at radius 1 is 0.977 bits per heavy atom. The van der Waals surface area contributed by atoms with Crippen molar-refractivity contribution in [3.8, 4) is 0 Å². The molecular formula is C34H40N4O5. The maximum absolute atomic E-state index is 14.1. The zero-order valence-corrected chi connectivity index (χ0v) is 25.6. The summed E-state index contributed by atoms with van der Waals surface area (Å²) in [5.74, 6) is -1.05. The molecule has 2 aliphatic rings. The van der Waals surface area contributed by atoms with E-state index in [0.29, 0.717) is 19.3 Å². The summed E-state index contributed by atoms with van der Waals surface area (Å²) in [5.41, 5.74) is 2.96. The lowest BCUT2D eigenvalue weighted by Gasteiger charge is -2.31. The van der Waals surface area contributed by atoms with Gasteiger partial charge in [0.15, 0.2) is 0 Å². The number of hydrogen-bond acceptors (Lipinski definition) is 5. The Morgan fingerprint density at radius 2 is 1.65 bits per heavy atom. The first-order valence-corrected chi connectivity index (χ1v) is 14.8. The van der Waals surface area contributed by atoms with Crippen LogP contribution in [0.2, 0.25) is 0 Å². The van der Waals surface area contributed by atoms with Crippen LogP contribution in [0.1, 0.15) is 63.8 Å². The van der Waals surface area contributed by atoms with Crippen molar-refractivity contribution in [2.24, 2.45) is 0 Å². The number of para-hydroxylation sites is 1. The molecule has 4 atom stereocenters. The van der Waals surface area contributed by atoms with E-state index in [1.807, 2.05) is 67.6 Å². The summed E-state index contributed by atoms with van der Waals surface area (Å²) < 4.78 is 5.40. The predicted molar refractivity (Wildman–Crippen MR) is 166 cm³/mol. The number of rotatable bonds is 6. The van der Waals surface area contributed by atoms with Crippen molar-refractivity contribution in [1.29, 1.82) is 0 Å². The van der Waals surface area contributed by atoms with Crippen molar-refractivity contribution in [2.75, 3.05) is 11.9 Å². The van der Waals surface area contributed by atoms with Gasteiger partial charge in [-0.2, -0.15) is 0 Å². The van der Waals surface area contributed by atoms with Crippen LogP contribution in [0.4, 0.5) is 10.5 Å². The van der Waals surface area contributed by atoms with Gasteiger partial charge in [0.25, 0.3) is 0 Å². The first-order valence-electron chi connectivity index (χ1n) is 14.8. The lowest BCUT2D eigenvalue weighted by molar-refractivity contribution is -0.131. The van der Waals surface area contributed by atoms with E-state index in [2.05, 4.69) is 10.6 Å². The second-order valence-corrected chi connectivity index (χ2v) is 12.5. The smallest absolute Gasteiger partial charge is 0.410 e. The van der Waals surface area contributed by atoms with E-state index < -0.39 is 35.7 Å². The molecule has 2 aliphatic heterocycles. The molecule has 0 spiro atoms. The highest BCUT2D eigenvalue weighted by Crippen LogP contribution is 2.39. The van der Waals surface area contributed by atoms with Gasteiger partial charge in [0.05, 0.1) is 11.7 Å². The topological polar surface area (TPSA) is 108 Å². The maximum Gasteiger partial charge on any atom is 0.410 e. The molecular weight excluding hydrogens is 544 g/mol. The molecule has 3 aromatic carbocycles. The average molecular weight is 585 g/mol. The van der Waals surface area contributed by atoms with E-state index >= 15 is 0 Å². The molecule has 226 valence electrons. The van der Waals surface area contributed by atoms with Crippen molar-refractivity contribution in [3.63, 3.8) is 0 Å². The minimum atomic E-state index is -0.872. The lowest BCUT2D eigenvalue weighted by atomic mass is 9.99. The molecule has 5 rings (SSSR count). The van der Waals surface area contributed by atoms with E-state index in [4.69, 9.17) is 4.74 Å². The molecule has 43 heavy (non-hydrogen) atoms. The molecule has 0 bridgehead atoms. The summed E-state index contributed by atoms with van der Waals surface area (Å²) in [6.07, 6.45) is 0.701. The summed E-state index contributed by atoms with van der Waals surface area (Å²) in [7, 11) is 1.49. The Bertz CT molecular complexity index is 1570. The van der Waals surface area contributed by atoms with Crippen molar-refractivity contribution in [1.82, 2.24) is 15.5 Å². The van der Waals surface area contributed by atoms with E-state index in [9.17, 15) is 19.2 Å². The summed E-state index contributed by atoms with van der Waals surface area (Å²) in [4.78, 5) is 56.6. The fourth-order valence-corrected chi connectivity index (χ4v) is 5.95. The number of ether oxygens (including phenoxy) is 1. The number of carbonyl (C=O) groups excluding carboxylic acids is 4. The van der Waals surface area contributed by atoms with Gasteiger partial charge in [-0.25, -0.2) is 4.79 Å². The van der Waals surface area contributed by atoms with Gasteiger partial charge in [0, 0.05) is 13.5 Å². The van der Waals surface area contributed by atoms with Crippen molar-refractivity contribution in [2.45, 2.75) is 83.6 Å².